The average Bonchev–Trinajstić information content (AvgIpc) is 3.32. The van der Waals surface area contributed by atoms with Gasteiger partial charge in [0.1, 0.15) is 5.75 Å². The number of nitrogens with zero attached hydrogens (tertiary/aromatic N) is 5. The highest BCUT2D eigenvalue weighted by Gasteiger charge is 2.24. The molecule has 188 valence electrons. The Morgan fingerprint density at radius 1 is 1.03 bits per heavy atom. The van der Waals surface area contributed by atoms with Crippen molar-refractivity contribution in [3.05, 3.63) is 80.9 Å². The van der Waals surface area contributed by atoms with E-state index < -0.39 is 0 Å². The summed E-state index contributed by atoms with van der Waals surface area (Å²) in [6.45, 7) is 5.93. The highest BCUT2D eigenvalue weighted by Crippen LogP contribution is 2.26. The molecule has 2 aromatic carbocycles. The van der Waals surface area contributed by atoms with Crippen molar-refractivity contribution in [1.29, 1.82) is 0 Å². The van der Waals surface area contributed by atoms with E-state index in [1.165, 1.54) is 30.4 Å². The van der Waals surface area contributed by atoms with Crippen molar-refractivity contribution in [1.82, 2.24) is 30.1 Å². The number of H-pyrrole nitrogens is 1. The smallest absolute Gasteiger partial charge is 0.252 e. The number of ether oxygens (including phenoxy) is 1. The van der Waals surface area contributed by atoms with Crippen LogP contribution in [0.15, 0.2) is 47.3 Å². The van der Waals surface area contributed by atoms with Crippen LogP contribution in [-0.4, -0.2) is 43.2 Å². The minimum Gasteiger partial charge on any atom is -0.497 e. The maximum atomic E-state index is 13.1. The van der Waals surface area contributed by atoms with Gasteiger partial charge in [0.05, 0.1) is 20.2 Å². The third-order valence-electron chi connectivity index (χ3n) is 7.44. The largest absolute Gasteiger partial charge is 0.497 e. The number of aryl methyl sites for hydroxylation is 2. The zero-order chi connectivity index (χ0) is 25.1. The Balaban J connectivity index is 1.41. The topological polar surface area (TPSA) is 88.9 Å². The van der Waals surface area contributed by atoms with Crippen LogP contribution in [0.25, 0.3) is 10.9 Å². The van der Waals surface area contributed by atoms with Gasteiger partial charge in [0.2, 0.25) is 0 Å². The number of tetrazole rings is 1. The number of benzene rings is 2. The van der Waals surface area contributed by atoms with Gasteiger partial charge in [-0.3, -0.25) is 9.69 Å². The number of methoxy groups -OCH3 is 1. The fourth-order valence-corrected chi connectivity index (χ4v) is 5.16. The van der Waals surface area contributed by atoms with Gasteiger partial charge in [-0.25, -0.2) is 4.68 Å². The Bertz CT molecular complexity index is 1390. The number of hydrogen-bond donors (Lipinski definition) is 1. The summed E-state index contributed by atoms with van der Waals surface area (Å²) in [6.07, 6.45) is 5.96. The summed E-state index contributed by atoms with van der Waals surface area (Å²) in [5.74, 6) is 1.63. The minimum atomic E-state index is -0.0237. The summed E-state index contributed by atoms with van der Waals surface area (Å²) < 4.78 is 7.13. The lowest BCUT2D eigenvalue weighted by Gasteiger charge is -2.33. The van der Waals surface area contributed by atoms with Gasteiger partial charge in [-0.15, -0.1) is 5.10 Å². The average molecular weight is 487 g/mol. The fraction of sp³-hybridized carbons (Fsp3) is 0.429. The molecule has 0 amide bonds. The number of rotatable bonds is 8. The third kappa shape index (κ3) is 5.33. The van der Waals surface area contributed by atoms with E-state index in [1.807, 2.05) is 28.9 Å². The Labute approximate surface area is 211 Å². The fourth-order valence-electron chi connectivity index (χ4n) is 5.16. The lowest BCUT2D eigenvalue weighted by atomic mass is 9.93. The molecule has 0 spiro atoms. The molecule has 36 heavy (non-hydrogen) atoms. The highest BCUT2D eigenvalue weighted by molar-refractivity contribution is 5.80. The summed E-state index contributed by atoms with van der Waals surface area (Å²) >= 11 is 0. The van der Waals surface area contributed by atoms with Gasteiger partial charge in [0.15, 0.2) is 5.82 Å². The van der Waals surface area contributed by atoms with Gasteiger partial charge in [0.25, 0.3) is 5.56 Å². The number of nitrogens with one attached hydrogen (secondary N) is 1. The maximum Gasteiger partial charge on any atom is 0.252 e. The van der Waals surface area contributed by atoms with Crippen LogP contribution in [0.5, 0.6) is 5.75 Å². The maximum absolute atomic E-state index is 13.1. The van der Waals surface area contributed by atoms with Crippen LogP contribution >= 0.6 is 0 Å². The number of pyridine rings is 1. The second-order valence-electron chi connectivity index (χ2n) is 9.95. The minimum absolute atomic E-state index is 0.0237. The molecule has 1 N–H and O–H groups in total. The molecule has 1 aliphatic rings. The molecule has 4 aromatic rings. The molecular weight excluding hydrogens is 452 g/mol. The molecule has 8 heteroatoms. The summed E-state index contributed by atoms with van der Waals surface area (Å²) in [5.41, 5.74) is 5.15. The van der Waals surface area contributed by atoms with Gasteiger partial charge < -0.3 is 9.72 Å². The molecule has 2 heterocycles. The zero-order valence-electron chi connectivity index (χ0n) is 21.3. The highest BCUT2D eigenvalue weighted by atomic mass is 16.5. The molecule has 0 atom stereocenters. The normalized spacial score (nSPS) is 14.6. The van der Waals surface area contributed by atoms with Gasteiger partial charge in [-0.2, -0.15) is 0 Å². The number of aromatic amines is 1. The molecule has 1 saturated carbocycles. The molecule has 8 nitrogen and oxygen atoms in total. The van der Waals surface area contributed by atoms with Crippen LogP contribution in [-0.2, 0) is 19.6 Å². The standard InChI is InChI=1S/C28H34N6O2/c1-19-13-22-15-23(28(35)29-26(22)14-20(19)2)17-33(24-7-5-4-6-8-24)18-27-30-31-32-34(27)16-21-9-11-25(36-3)12-10-21/h9-15,24H,4-8,16-18H2,1-3H3,(H,29,35). The molecule has 0 bridgehead atoms. The van der Waals surface area contributed by atoms with Crippen molar-refractivity contribution in [2.75, 3.05) is 7.11 Å². The van der Waals surface area contributed by atoms with Crippen LogP contribution in [0.3, 0.4) is 0 Å². The summed E-state index contributed by atoms with van der Waals surface area (Å²) in [6, 6.07) is 14.6. The van der Waals surface area contributed by atoms with E-state index >= 15 is 0 Å². The summed E-state index contributed by atoms with van der Waals surface area (Å²) in [4.78, 5) is 18.6. The molecular formula is C28H34N6O2. The number of hydrogen-bond acceptors (Lipinski definition) is 6. The van der Waals surface area contributed by atoms with Gasteiger partial charge in [-0.1, -0.05) is 31.4 Å². The van der Waals surface area contributed by atoms with Crippen LogP contribution in [0.4, 0.5) is 0 Å². The second-order valence-corrected chi connectivity index (χ2v) is 9.95. The van der Waals surface area contributed by atoms with Crippen molar-refractivity contribution >= 4 is 10.9 Å². The molecule has 0 unspecified atom stereocenters. The number of fused-ring (bicyclic) bond motifs is 1. The zero-order valence-corrected chi connectivity index (χ0v) is 21.3. The Morgan fingerprint density at radius 3 is 2.53 bits per heavy atom. The Hall–Kier alpha value is -3.52. The van der Waals surface area contributed by atoms with Crippen LogP contribution < -0.4 is 10.3 Å². The third-order valence-corrected chi connectivity index (χ3v) is 7.44. The predicted molar refractivity (Wildman–Crippen MR) is 140 cm³/mol. The van der Waals surface area contributed by atoms with Crippen molar-refractivity contribution in [2.45, 2.75) is 71.6 Å². The Morgan fingerprint density at radius 2 is 1.78 bits per heavy atom. The molecule has 5 rings (SSSR count). The first-order valence-corrected chi connectivity index (χ1v) is 12.8. The first kappa shape index (κ1) is 24.2. The van der Waals surface area contributed by atoms with Gasteiger partial charge in [-0.05, 0) is 89.5 Å². The first-order chi connectivity index (χ1) is 17.5. The van der Waals surface area contributed by atoms with Crippen molar-refractivity contribution < 1.29 is 4.74 Å². The Kier molecular flexibility index (Phi) is 7.13. The van der Waals surface area contributed by atoms with E-state index in [4.69, 9.17) is 4.74 Å². The quantitative estimate of drug-likeness (QED) is 0.394. The van der Waals surface area contributed by atoms with E-state index in [1.54, 1.807) is 7.11 Å². The predicted octanol–water partition coefficient (Wildman–Crippen LogP) is 4.52. The van der Waals surface area contributed by atoms with Gasteiger partial charge in [0, 0.05) is 23.7 Å². The molecule has 1 aliphatic carbocycles. The molecule has 0 saturated heterocycles. The van der Waals surface area contributed by atoms with Crippen LogP contribution in [0, 0.1) is 13.8 Å². The lowest BCUT2D eigenvalue weighted by Crippen LogP contribution is -2.38. The summed E-state index contributed by atoms with van der Waals surface area (Å²) in [5, 5.41) is 13.7. The molecule has 0 radical (unpaired) electrons. The van der Waals surface area contributed by atoms with E-state index in [0.29, 0.717) is 25.7 Å². The molecule has 2 aromatic heterocycles. The van der Waals surface area contributed by atoms with Crippen LogP contribution in [0.1, 0.15) is 60.2 Å². The van der Waals surface area contributed by atoms with Crippen LogP contribution in [0.2, 0.25) is 0 Å². The first-order valence-electron chi connectivity index (χ1n) is 12.8. The van der Waals surface area contributed by atoms with Gasteiger partial charge >= 0.3 is 0 Å². The van der Waals surface area contributed by atoms with Crippen molar-refractivity contribution in [2.24, 2.45) is 0 Å². The van der Waals surface area contributed by atoms with E-state index in [9.17, 15) is 4.79 Å². The SMILES string of the molecule is COc1ccc(Cn2nnnc2CN(Cc2cc3cc(C)c(C)cc3[nH]c2=O)C2CCCCC2)cc1. The van der Waals surface area contributed by atoms with Crippen molar-refractivity contribution in [3.63, 3.8) is 0 Å². The van der Waals surface area contributed by atoms with Crippen molar-refractivity contribution in [3.8, 4) is 5.75 Å². The molecule has 1 fully saturated rings. The second kappa shape index (κ2) is 10.6. The molecule has 0 aliphatic heterocycles. The monoisotopic (exact) mass is 486 g/mol. The number of aromatic nitrogens is 5. The van der Waals surface area contributed by atoms with E-state index in [2.05, 4.69) is 57.5 Å². The summed E-state index contributed by atoms with van der Waals surface area (Å²) in [7, 11) is 1.66. The van der Waals surface area contributed by atoms with E-state index in [0.717, 1.165) is 46.4 Å². The van der Waals surface area contributed by atoms with E-state index in [-0.39, 0.29) is 5.56 Å². The lowest BCUT2D eigenvalue weighted by molar-refractivity contribution is 0.134.